The van der Waals surface area contributed by atoms with Gasteiger partial charge in [-0.25, -0.2) is 18.5 Å². The second-order valence-corrected chi connectivity index (χ2v) is 11.2. The highest BCUT2D eigenvalue weighted by atomic mass is 32.2. The van der Waals surface area contributed by atoms with Gasteiger partial charge in [0.25, 0.3) is 5.69 Å². The molecule has 0 saturated carbocycles. The van der Waals surface area contributed by atoms with E-state index in [1.807, 2.05) is 12.1 Å². The van der Waals surface area contributed by atoms with E-state index in [1.54, 1.807) is 31.4 Å². The number of primary sulfonamides is 1. The SMILES string of the molecule is COc1ccc(C2C(C#N)=C(/N=C/c3ccc([N+](=O)[O-])cc3)Oc3nc(Nc4ccc(S(N)(=O)=O)cc4)sc32)cc1. The summed E-state index contributed by atoms with van der Waals surface area (Å²) in [5.74, 6) is 0.369. The van der Waals surface area contributed by atoms with Crippen molar-refractivity contribution in [1.29, 1.82) is 5.26 Å². The van der Waals surface area contributed by atoms with Crippen molar-refractivity contribution < 1.29 is 22.8 Å². The van der Waals surface area contributed by atoms with Crippen LogP contribution in [-0.4, -0.2) is 31.6 Å². The second kappa shape index (κ2) is 11.2. The molecule has 0 bridgehead atoms. The first-order chi connectivity index (χ1) is 19.7. The topological polar surface area (TPSA) is 183 Å². The molecule has 1 atom stereocenters. The Balaban J connectivity index is 1.52. The molecule has 1 aromatic heterocycles. The van der Waals surface area contributed by atoms with E-state index in [0.717, 1.165) is 5.56 Å². The number of ether oxygens (including phenoxy) is 2. The molecule has 0 radical (unpaired) electrons. The number of nitriles is 1. The zero-order chi connectivity index (χ0) is 29.1. The van der Waals surface area contributed by atoms with E-state index in [-0.39, 0.29) is 27.9 Å². The number of sulfonamides is 1. The number of hydrogen-bond donors (Lipinski definition) is 2. The number of non-ortho nitro benzene ring substituents is 1. The predicted molar refractivity (Wildman–Crippen MR) is 152 cm³/mol. The van der Waals surface area contributed by atoms with E-state index in [1.165, 1.54) is 53.9 Å². The van der Waals surface area contributed by atoms with E-state index >= 15 is 0 Å². The van der Waals surface area contributed by atoms with Crippen molar-refractivity contribution in [2.45, 2.75) is 10.8 Å². The number of allylic oxidation sites excluding steroid dienone is 1. The Morgan fingerprint density at radius 2 is 1.83 bits per heavy atom. The summed E-state index contributed by atoms with van der Waals surface area (Å²) in [5, 5.41) is 29.9. The Labute approximate surface area is 238 Å². The summed E-state index contributed by atoms with van der Waals surface area (Å²) in [6.45, 7) is 0. The molecule has 3 aromatic carbocycles. The van der Waals surface area contributed by atoms with Gasteiger partial charge in [-0.1, -0.05) is 23.5 Å². The molecular weight excluding hydrogens is 568 g/mol. The Morgan fingerprint density at radius 3 is 2.41 bits per heavy atom. The lowest BCUT2D eigenvalue weighted by Gasteiger charge is -2.22. The van der Waals surface area contributed by atoms with Crippen molar-refractivity contribution in [3.05, 3.63) is 110 Å². The number of nitrogens with zero attached hydrogens (tertiary/aromatic N) is 4. The van der Waals surface area contributed by atoms with Crippen LogP contribution in [0.2, 0.25) is 0 Å². The smallest absolute Gasteiger partial charge is 0.269 e. The normalized spacial score (nSPS) is 14.7. The van der Waals surface area contributed by atoms with Gasteiger partial charge in [0, 0.05) is 24.0 Å². The average Bonchev–Trinajstić information content (AvgIpc) is 3.37. The van der Waals surface area contributed by atoms with Crippen LogP contribution in [0.5, 0.6) is 11.6 Å². The van der Waals surface area contributed by atoms with Crippen LogP contribution in [-0.2, 0) is 10.0 Å². The molecule has 5 rings (SSSR count). The van der Waals surface area contributed by atoms with Gasteiger partial charge < -0.3 is 14.8 Å². The number of methoxy groups -OCH3 is 1. The second-order valence-electron chi connectivity index (χ2n) is 8.63. The largest absolute Gasteiger partial charge is 0.497 e. The molecule has 1 unspecified atom stereocenters. The van der Waals surface area contributed by atoms with Crippen LogP contribution in [0.4, 0.5) is 16.5 Å². The molecule has 0 amide bonds. The summed E-state index contributed by atoms with van der Waals surface area (Å²) >= 11 is 1.27. The summed E-state index contributed by atoms with van der Waals surface area (Å²) in [6.07, 6.45) is 1.45. The first-order valence-electron chi connectivity index (χ1n) is 11.8. The molecule has 206 valence electrons. The quantitative estimate of drug-likeness (QED) is 0.165. The molecule has 3 N–H and O–H groups in total. The molecule has 2 heterocycles. The third kappa shape index (κ3) is 5.92. The first-order valence-corrected chi connectivity index (χ1v) is 14.2. The van der Waals surface area contributed by atoms with Gasteiger partial charge in [-0.3, -0.25) is 10.1 Å². The molecule has 0 spiro atoms. The van der Waals surface area contributed by atoms with Gasteiger partial charge in [0.05, 0.1) is 27.7 Å². The summed E-state index contributed by atoms with van der Waals surface area (Å²) in [6, 6.07) is 21.1. The number of aromatic nitrogens is 1. The third-order valence-electron chi connectivity index (χ3n) is 6.03. The number of thiazole rings is 1. The molecule has 41 heavy (non-hydrogen) atoms. The number of rotatable bonds is 8. The Kier molecular flexibility index (Phi) is 7.49. The van der Waals surface area contributed by atoms with Gasteiger partial charge >= 0.3 is 0 Å². The Morgan fingerprint density at radius 1 is 1.15 bits per heavy atom. The van der Waals surface area contributed by atoms with Crippen molar-refractivity contribution in [3.63, 3.8) is 0 Å². The lowest BCUT2D eigenvalue weighted by molar-refractivity contribution is -0.384. The molecular formula is C27H20N6O6S2. The fourth-order valence-corrected chi connectivity index (χ4v) is 5.59. The third-order valence-corrected chi connectivity index (χ3v) is 7.98. The number of nitro groups is 1. The van der Waals surface area contributed by atoms with E-state index in [9.17, 15) is 23.8 Å². The number of benzene rings is 3. The molecule has 1 aliphatic rings. The monoisotopic (exact) mass is 588 g/mol. The predicted octanol–water partition coefficient (Wildman–Crippen LogP) is 4.83. The maximum Gasteiger partial charge on any atom is 0.269 e. The van der Waals surface area contributed by atoms with Crippen molar-refractivity contribution >= 4 is 44.1 Å². The molecule has 14 heteroatoms. The summed E-state index contributed by atoms with van der Waals surface area (Å²) in [4.78, 5) is 20.1. The van der Waals surface area contributed by atoms with E-state index < -0.39 is 20.9 Å². The highest BCUT2D eigenvalue weighted by Gasteiger charge is 2.35. The van der Waals surface area contributed by atoms with E-state index in [2.05, 4.69) is 21.4 Å². The van der Waals surface area contributed by atoms with Crippen LogP contribution < -0.4 is 19.9 Å². The fraction of sp³-hybridized carbons (Fsp3) is 0.0741. The van der Waals surface area contributed by atoms with Gasteiger partial charge in [0.15, 0.2) is 5.13 Å². The van der Waals surface area contributed by atoms with Crippen LogP contribution in [0, 0.1) is 21.4 Å². The fourth-order valence-electron chi connectivity index (χ4n) is 4.02. The molecule has 4 aromatic rings. The number of fused-ring (bicyclic) bond motifs is 1. The van der Waals surface area contributed by atoms with Crippen LogP contribution in [0.15, 0.2) is 94.1 Å². The standard InChI is InChI=1S/C27H20N6O6S2/c1-38-20-10-4-17(5-11-20)23-22(14-28)25(30-15-16-2-8-19(9-3-16)33(34)35)39-26-24(23)40-27(32-26)31-18-6-12-21(13-7-18)41(29,36)37/h2-13,15,23H,1H3,(H,31,32)(H2,29,36,37)/b30-15+. The summed E-state index contributed by atoms with van der Waals surface area (Å²) in [7, 11) is -2.27. The van der Waals surface area contributed by atoms with E-state index in [0.29, 0.717) is 27.0 Å². The molecule has 0 fully saturated rings. The zero-order valence-electron chi connectivity index (χ0n) is 21.2. The van der Waals surface area contributed by atoms with Gasteiger partial charge in [0.2, 0.25) is 21.8 Å². The van der Waals surface area contributed by atoms with Crippen LogP contribution in [0.1, 0.15) is 21.9 Å². The summed E-state index contributed by atoms with van der Waals surface area (Å²) in [5.41, 5.74) is 2.10. The lowest BCUT2D eigenvalue weighted by Crippen LogP contribution is -2.14. The minimum absolute atomic E-state index is 0.0252. The average molecular weight is 589 g/mol. The first kappa shape index (κ1) is 27.5. The Hall–Kier alpha value is -5.10. The number of aliphatic imine (C=N–C) groups is 1. The molecule has 12 nitrogen and oxygen atoms in total. The van der Waals surface area contributed by atoms with Crippen molar-refractivity contribution in [3.8, 4) is 17.7 Å². The number of anilines is 2. The maximum absolute atomic E-state index is 11.6. The minimum Gasteiger partial charge on any atom is -0.497 e. The van der Waals surface area contributed by atoms with E-state index in [4.69, 9.17) is 14.6 Å². The lowest BCUT2D eigenvalue weighted by atomic mass is 9.89. The van der Waals surface area contributed by atoms with Crippen LogP contribution in [0.3, 0.4) is 0 Å². The Bertz CT molecular complexity index is 1830. The highest BCUT2D eigenvalue weighted by Crippen LogP contribution is 2.48. The minimum atomic E-state index is -3.83. The van der Waals surface area contributed by atoms with Crippen molar-refractivity contribution in [2.75, 3.05) is 12.4 Å². The highest BCUT2D eigenvalue weighted by molar-refractivity contribution is 7.89. The van der Waals surface area contributed by atoms with Gasteiger partial charge in [-0.05, 0) is 59.7 Å². The number of nitrogens with two attached hydrogens (primary N) is 1. The molecule has 1 aliphatic heterocycles. The number of nitro benzene ring substituents is 1. The number of hydrogen-bond acceptors (Lipinski definition) is 11. The molecule has 0 saturated heterocycles. The van der Waals surface area contributed by atoms with Crippen LogP contribution >= 0.6 is 11.3 Å². The van der Waals surface area contributed by atoms with Crippen molar-refractivity contribution in [2.24, 2.45) is 10.1 Å². The molecule has 0 aliphatic carbocycles. The van der Waals surface area contributed by atoms with Gasteiger partial charge in [-0.15, -0.1) is 0 Å². The van der Waals surface area contributed by atoms with Gasteiger partial charge in [0.1, 0.15) is 17.4 Å². The maximum atomic E-state index is 11.6. The zero-order valence-corrected chi connectivity index (χ0v) is 22.8. The van der Waals surface area contributed by atoms with Crippen molar-refractivity contribution in [1.82, 2.24) is 4.98 Å². The number of nitrogens with one attached hydrogen (secondary N) is 1. The van der Waals surface area contributed by atoms with Crippen LogP contribution in [0.25, 0.3) is 0 Å². The van der Waals surface area contributed by atoms with Gasteiger partial charge in [-0.2, -0.15) is 10.2 Å². The summed E-state index contributed by atoms with van der Waals surface area (Å²) < 4.78 is 34.4.